The maximum atomic E-state index is 14.0. The molecular formula is C31H42BrN3O7. The number of likely N-dealkylation sites (tertiary alicyclic amines) is 1. The van der Waals surface area contributed by atoms with Crippen molar-refractivity contribution in [1.29, 1.82) is 0 Å². The number of esters is 1. The molecular weight excluding hydrogens is 606 g/mol. The van der Waals surface area contributed by atoms with E-state index in [4.69, 9.17) is 18.9 Å². The molecule has 3 rings (SSSR count). The Kier molecular flexibility index (Phi) is 12.0. The van der Waals surface area contributed by atoms with Gasteiger partial charge >= 0.3 is 12.1 Å². The number of carbonyl (C=O) groups excluding carboxylic acids is 3. The first-order valence-corrected chi connectivity index (χ1v) is 15.1. The predicted octanol–water partition coefficient (Wildman–Crippen LogP) is 5.95. The van der Waals surface area contributed by atoms with Crippen molar-refractivity contribution in [3.63, 3.8) is 0 Å². The summed E-state index contributed by atoms with van der Waals surface area (Å²) in [5.41, 5.74) is -0.730. The summed E-state index contributed by atoms with van der Waals surface area (Å²) >= 11 is 3.51. The predicted molar refractivity (Wildman–Crippen MR) is 164 cm³/mol. The number of halogens is 1. The number of carbonyl (C=O) groups is 3. The van der Waals surface area contributed by atoms with E-state index >= 15 is 0 Å². The molecule has 1 aliphatic heterocycles. The monoisotopic (exact) mass is 647 g/mol. The fourth-order valence-corrected chi connectivity index (χ4v) is 5.37. The van der Waals surface area contributed by atoms with Crippen molar-refractivity contribution < 1.29 is 33.3 Å². The highest BCUT2D eigenvalue weighted by Crippen LogP contribution is 2.35. The molecule has 0 bridgehead atoms. The summed E-state index contributed by atoms with van der Waals surface area (Å²) in [5, 5.41) is 4.37. The molecule has 2 aromatic rings. The summed E-state index contributed by atoms with van der Waals surface area (Å²) in [7, 11) is 1.59. The number of unbranched alkanes of at least 4 members (excludes halogenated alkanes) is 3. The van der Waals surface area contributed by atoms with Gasteiger partial charge in [0, 0.05) is 18.0 Å². The third-order valence-electron chi connectivity index (χ3n) is 6.77. The van der Waals surface area contributed by atoms with Gasteiger partial charge in [0.2, 0.25) is 11.8 Å². The molecule has 1 saturated heterocycles. The summed E-state index contributed by atoms with van der Waals surface area (Å²) in [6.07, 6.45) is 6.27. The van der Waals surface area contributed by atoms with Gasteiger partial charge in [-0.25, -0.2) is 14.6 Å². The third kappa shape index (κ3) is 9.08. The molecule has 0 saturated carbocycles. The first-order chi connectivity index (χ1) is 20.0. The molecule has 0 aliphatic carbocycles. The number of rotatable bonds is 13. The Morgan fingerprint density at radius 1 is 1.24 bits per heavy atom. The number of benzene rings is 1. The Morgan fingerprint density at radius 2 is 2.00 bits per heavy atom. The molecule has 1 aromatic heterocycles. The molecule has 0 spiro atoms. The second-order valence-electron chi connectivity index (χ2n) is 11.2. The van der Waals surface area contributed by atoms with Gasteiger partial charge in [-0.15, -0.1) is 6.58 Å². The fourth-order valence-electron chi connectivity index (χ4n) is 4.86. The lowest BCUT2D eigenvalue weighted by atomic mass is 10.1. The Bertz CT molecular complexity index is 1260. The van der Waals surface area contributed by atoms with Gasteiger partial charge in [0.05, 0.1) is 24.7 Å². The zero-order valence-electron chi connectivity index (χ0n) is 25.1. The number of allylic oxidation sites excluding steroid dienone is 1. The molecule has 2 amide bonds. The minimum atomic E-state index is -0.877. The van der Waals surface area contributed by atoms with Crippen LogP contribution in [0, 0.1) is 0 Å². The lowest BCUT2D eigenvalue weighted by Crippen LogP contribution is -2.52. The standard InChI is InChI=1S/C31H42BrN3O7/c1-7-9-10-11-12-13-24(34-30(38)42-31(3,4)5)28(36)35-19-21(17-25(35)29(37)40-8-2)41-27-22-18-23(32)26(39-6)16-20(22)14-15-33-27/h7,14-16,18,21,24-25H,1,8-13,17,19H2,2-6H3,(H,34,38)/t21-,24+,25+/m1/s1. The Morgan fingerprint density at radius 3 is 2.67 bits per heavy atom. The molecule has 0 radical (unpaired) electrons. The van der Waals surface area contributed by atoms with Gasteiger partial charge in [-0.3, -0.25) is 4.79 Å². The van der Waals surface area contributed by atoms with Gasteiger partial charge < -0.3 is 29.2 Å². The van der Waals surface area contributed by atoms with Crippen molar-refractivity contribution in [3.05, 3.63) is 41.5 Å². The molecule has 42 heavy (non-hydrogen) atoms. The highest BCUT2D eigenvalue weighted by atomic mass is 79.9. The van der Waals surface area contributed by atoms with Gasteiger partial charge in [-0.2, -0.15) is 0 Å². The van der Waals surface area contributed by atoms with Crippen LogP contribution in [-0.4, -0.2) is 71.9 Å². The maximum Gasteiger partial charge on any atom is 0.408 e. The van der Waals surface area contributed by atoms with Crippen LogP contribution < -0.4 is 14.8 Å². The molecule has 1 fully saturated rings. The summed E-state index contributed by atoms with van der Waals surface area (Å²) in [6.45, 7) is 11.0. The number of hydrogen-bond acceptors (Lipinski definition) is 8. The normalized spacial score (nSPS) is 17.4. The summed E-state index contributed by atoms with van der Waals surface area (Å²) in [5.74, 6) is 0.153. The number of hydrogen-bond donors (Lipinski definition) is 1. The van der Waals surface area contributed by atoms with Crippen LogP contribution in [0.4, 0.5) is 4.79 Å². The molecule has 1 aliphatic rings. The summed E-state index contributed by atoms with van der Waals surface area (Å²) in [6, 6.07) is 3.85. The minimum Gasteiger partial charge on any atom is -0.496 e. The van der Waals surface area contributed by atoms with E-state index in [-0.39, 0.29) is 25.5 Å². The van der Waals surface area contributed by atoms with Gasteiger partial charge in [0.1, 0.15) is 29.5 Å². The van der Waals surface area contributed by atoms with Gasteiger partial charge in [-0.1, -0.05) is 18.9 Å². The highest BCUT2D eigenvalue weighted by molar-refractivity contribution is 9.10. The molecule has 10 nitrogen and oxygen atoms in total. The number of nitrogens with one attached hydrogen (secondary N) is 1. The summed E-state index contributed by atoms with van der Waals surface area (Å²) < 4.78 is 23.2. The van der Waals surface area contributed by atoms with E-state index in [9.17, 15) is 14.4 Å². The van der Waals surface area contributed by atoms with E-state index < -0.39 is 35.9 Å². The molecule has 0 unspecified atom stereocenters. The van der Waals surface area contributed by atoms with Gasteiger partial charge in [0.15, 0.2) is 0 Å². The van der Waals surface area contributed by atoms with Crippen LogP contribution in [0.25, 0.3) is 10.8 Å². The van der Waals surface area contributed by atoms with Gasteiger partial charge in [0.25, 0.3) is 0 Å². The number of aromatic nitrogens is 1. The number of pyridine rings is 1. The van der Waals surface area contributed by atoms with Crippen LogP contribution in [0.15, 0.2) is 41.5 Å². The SMILES string of the molecule is C=CCCCCC[C@H](NC(=O)OC(C)(C)C)C(=O)N1C[C@H](Oc2nccc3cc(OC)c(Br)cc23)C[C@H]1C(=O)OCC. The molecule has 2 heterocycles. The topological polar surface area (TPSA) is 116 Å². The third-order valence-corrected chi connectivity index (χ3v) is 7.39. The number of fused-ring (bicyclic) bond motifs is 1. The zero-order chi connectivity index (χ0) is 30.9. The van der Waals surface area contributed by atoms with E-state index in [1.54, 1.807) is 41.0 Å². The van der Waals surface area contributed by atoms with Crippen molar-refractivity contribution in [2.24, 2.45) is 0 Å². The lowest BCUT2D eigenvalue weighted by Gasteiger charge is -2.29. The van der Waals surface area contributed by atoms with Crippen LogP contribution in [0.1, 0.15) is 66.2 Å². The number of alkyl carbamates (subject to hydrolysis) is 1. The quantitative estimate of drug-likeness (QED) is 0.161. The van der Waals surface area contributed by atoms with Crippen LogP contribution in [0.5, 0.6) is 11.6 Å². The molecule has 11 heteroatoms. The van der Waals surface area contributed by atoms with E-state index in [2.05, 4.69) is 32.8 Å². The van der Waals surface area contributed by atoms with E-state index in [0.717, 1.165) is 34.5 Å². The molecule has 1 N–H and O–H groups in total. The van der Waals surface area contributed by atoms with Crippen molar-refractivity contribution >= 4 is 44.7 Å². The summed E-state index contributed by atoms with van der Waals surface area (Å²) in [4.78, 5) is 45.6. The van der Waals surface area contributed by atoms with Crippen molar-refractivity contribution in [2.75, 3.05) is 20.3 Å². The van der Waals surface area contributed by atoms with Gasteiger partial charge in [-0.05, 0) is 86.5 Å². The average molecular weight is 649 g/mol. The number of amides is 2. The van der Waals surface area contributed by atoms with Crippen LogP contribution >= 0.6 is 15.9 Å². The average Bonchev–Trinajstić information content (AvgIpc) is 3.35. The minimum absolute atomic E-state index is 0.126. The van der Waals surface area contributed by atoms with E-state index in [0.29, 0.717) is 24.5 Å². The van der Waals surface area contributed by atoms with Crippen LogP contribution in [0.2, 0.25) is 0 Å². The van der Waals surface area contributed by atoms with E-state index in [1.807, 2.05) is 24.3 Å². The number of ether oxygens (including phenoxy) is 4. The largest absolute Gasteiger partial charge is 0.496 e. The van der Waals surface area contributed by atoms with E-state index in [1.165, 1.54) is 4.90 Å². The van der Waals surface area contributed by atoms with Crippen LogP contribution in [-0.2, 0) is 19.1 Å². The second-order valence-corrected chi connectivity index (χ2v) is 12.0. The first-order valence-electron chi connectivity index (χ1n) is 14.3. The molecule has 3 atom stereocenters. The van der Waals surface area contributed by atoms with Crippen molar-refractivity contribution in [1.82, 2.24) is 15.2 Å². The Hall–Kier alpha value is -3.34. The Labute approximate surface area is 256 Å². The lowest BCUT2D eigenvalue weighted by molar-refractivity contribution is -0.153. The number of nitrogens with zero attached hydrogens (tertiary/aromatic N) is 2. The smallest absolute Gasteiger partial charge is 0.408 e. The fraction of sp³-hybridized carbons (Fsp3) is 0.548. The number of methoxy groups -OCH3 is 1. The van der Waals surface area contributed by atoms with Crippen molar-refractivity contribution in [2.45, 2.75) is 90.0 Å². The highest BCUT2D eigenvalue weighted by Gasteiger charge is 2.44. The molecule has 230 valence electrons. The van der Waals surface area contributed by atoms with Crippen LogP contribution in [0.3, 0.4) is 0 Å². The molecule has 1 aromatic carbocycles. The Balaban J connectivity index is 1.85. The van der Waals surface area contributed by atoms with Crippen molar-refractivity contribution in [3.8, 4) is 11.6 Å². The first kappa shape index (κ1) is 33.2. The second kappa shape index (κ2) is 15.2. The maximum absolute atomic E-state index is 14.0. The zero-order valence-corrected chi connectivity index (χ0v) is 26.7.